The van der Waals surface area contributed by atoms with E-state index in [4.69, 9.17) is 0 Å². The van der Waals surface area contributed by atoms with Gasteiger partial charge in [0.2, 0.25) is 5.43 Å². The van der Waals surface area contributed by atoms with Gasteiger partial charge < -0.3 is 0 Å². The van der Waals surface area contributed by atoms with Crippen molar-refractivity contribution in [3.05, 3.63) is 34.9 Å². The Labute approximate surface area is 152 Å². The average molecular weight is 346 g/mol. The lowest BCUT2D eigenvalue weighted by Crippen LogP contribution is -2.20. The third-order valence-electron chi connectivity index (χ3n) is 5.13. The van der Waals surface area contributed by atoms with Crippen LogP contribution in [0.25, 0.3) is 5.65 Å². The molecule has 0 fully saturated rings. The highest BCUT2D eigenvalue weighted by Gasteiger charge is 2.13. The van der Waals surface area contributed by atoms with Gasteiger partial charge in [-0.1, -0.05) is 78.1 Å². The van der Waals surface area contributed by atoms with Gasteiger partial charge in [0.25, 0.3) is 0 Å². The maximum Gasteiger partial charge on any atom is 0.224 e. The van der Waals surface area contributed by atoms with Crippen LogP contribution in [0.4, 0.5) is 0 Å². The molecular weight excluding hydrogens is 310 g/mol. The van der Waals surface area contributed by atoms with Crippen LogP contribution < -0.4 is 5.43 Å². The minimum absolute atomic E-state index is 0.00546. The lowest BCUT2D eigenvalue weighted by molar-refractivity contribution is 0.351. The van der Waals surface area contributed by atoms with Gasteiger partial charge in [-0.05, 0) is 12.8 Å². The molecule has 140 valence electrons. The largest absolute Gasteiger partial charge is 0.286 e. The summed E-state index contributed by atoms with van der Waals surface area (Å²) in [6.45, 7) is 4.52. The summed E-state index contributed by atoms with van der Waals surface area (Å²) >= 11 is 0. The van der Waals surface area contributed by atoms with Crippen LogP contribution in [-0.2, 0) is 0 Å². The van der Waals surface area contributed by atoms with Crippen molar-refractivity contribution in [2.45, 2.75) is 96.9 Å². The van der Waals surface area contributed by atoms with E-state index in [0.29, 0.717) is 11.7 Å². The highest BCUT2D eigenvalue weighted by molar-refractivity contribution is 5.35. The molecule has 0 aliphatic rings. The summed E-state index contributed by atoms with van der Waals surface area (Å²) in [6.07, 6.45) is 21.1. The van der Waals surface area contributed by atoms with E-state index < -0.39 is 0 Å². The van der Waals surface area contributed by atoms with E-state index >= 15 is 0 Å². The molecule has 0 aliphatic carbocycles. The van der Waals surface area contributed by atoms with E-state index in [1.165, 1.54) is 77.0 Å². The number of nitrogens with zero attached hydrogens (tertiary/aromatic N) is 3. The molecule has 2 aromatic rings. The molecule has 0 saturated heterocycles. The van der Waals surface area contributed by atoms with Crippen molar-refractivity contribution in [1.82, 2.24) is 14.2 Å². The Kier molecular flexibility index (Phi) is 8.78. The zero-order valence-electron chi connectivity index (χ0n) is 16.1. The first-order chi connectivity index (χ1) is 12.3. The predicted octanol–water partition coefficient (Wildman–Crippen LogP) is 5.76. The van der Waals surface area contributed by atoms with Crippen molar-refractivity contribution in [1.29, 1.82) is 0 Å². The molecule has 0 bridgehead atoms. The molecule has 0 radical (unpaired) electrons. The SMILES string of the molecule is CCCCCCCC(CCCCCCC)n1ccc(=O)c2nccn21. The van der Waals surface area contributed by atoms with Crippen molar-refractivity contribution in [3.63, 3.8) is 0 Å². The van der Waals surface area contributed by atoms with Gasteiger partial charge >= 0.3 is 0 Å². The molecule has 0 unspecified atom stereocenters. The van der Waals surface area contributed by atoms with Crippen molar-refractivity contribution in [3.8, 4) is 0 Å². The molecule has 0 N–H and O–H groups in total. The Morgan fingerprint density at radius 2 is 1.48 bits per heavy atom. The van der Waals surface area contributed by atoms with E-state index in [9.17, 15) is 4.79 Å². The van der Waals surface area contributed by atoms with E-state index in [1.807, 2.05) is 16.9 Å². The number of imidazole rings is 1. The van der Waals surface area contributed by atoms with E-state index in [1.54, 1.807) is 12.3 Å². The molecule has 2 rings (SSSR count). The Hall–Kier alpha value is -1.58. The highest BCUT2D eigenvalue weighted by Crippen LogP contribution is 2.23. The lowest BCUT2D eigenvalue weighted by atomic mass is 10.0. The van der Waals surface area contributed by atoms with Gasteiger partial charge in [-0.15, -0.1) is 0 Å². The van der Waals surface area contributed by atoms with Crippen LogP contribution in [0.15, 0.2) is 29.5 Å². The fourth-order valence-electron chi connectivity index (χ4n) is 3.62. The molecule has 2 aromatic heterocycles. The zero-order chi connectivity index (χ0) is 17.9. The molecule has 0 amide bonds. The Balaban J connectivity index is 2.02. The topological polar surface area (TPSA) is 39.3 Å². The molecule has 0 saturated carbocycles. The second-order valence-electron chi connectivity index (χ2n) is 7.22. The molecule has 0 aromatic carbocycles. The number of hydrogen-bond acceptors (Lipinski definition) is 2. The number of fused-ring (bicyclic) bond motifs is 1. The molecular formula is C21H35N3O. The summed E-state index contributed by atoms with van der Waals surface area (Å²) in [5.74, 6) is 0. The minimum atomic E-state index is 0.00546. The van der Waals surface area contributed by atoms with Crippen LogP contribution in [-0.4, -0.2) is 14.2 Å². The summed E-state index contributed by atoms with van der Waals surface area (Å²) in [6, 6.07) is 2.13. The van der Waals surface area contributed by atoms with Crippen LogP contribution in [0.2, 0.25) is 0 Å². The molecule has 4 heteroatoms. The van der Waals surface area contributed by atoms with Gasteiger partial charge in [-0.2, -0.15) is 0 Å². The second-order valence-corrected chi connectivity index (χ2v) is 7.22. The van der Waals surface area contributed by atoms with Gasteiger partial charge in [0.1, 0.15) is 0 Å². The normalized spacial score (nSPS) is 11.6. The fraction of sp³-hybridized carbons (Fsp3) is 0.714. The highest BCUT2D eigenvalue weighted by atomic mass is 16.1. The van der Waals surface area contributed by atoms with Gasteiger partial charge in [0.05, 0.1) is 6.04 Å². The van der Waals surface area contributed by atoms with E-state index in [0.717, 1.165) is 0 Å². The third-order valence-corrected chi connectivity index (χ3v) is 5.13. The van der Waals surface area contributed by atoms with E-state index in [2.05, 4.69) is 23.5 Å². The predicted molar refractivity (Wildman–Crippen MR) is 105 cm³/mol. The average Bonchev–Trinajstić information content (AvgIpc) is 3.11. The van der Waals surface area contributed by atoms with Gasteiger partial charge in [0, 0.05) is 24.7 Å². The van der Waals surface area contributed by atoms with Crippen LogP contribution in [0.3, 0.4) is 0 Å². The fourth-order valence-corrected chi connectivity index (χ4v) is 3.62. The van der Waals surface area contributed by atoms with Crippen molar-refractivity contribution in [2.75, 3.05) is 0 Å². The van der Waals surface area contributed by atoms with E-state index in [-0.39, 0.29) is 5.43 Å². The molecule has 25 heavy (non-hydrogen) atoms. The minimum Gasteiger partial charge on any atom is -0.286 e. The van der Waals surface area contributed by atoms with Crippen LogP contribution in [0.1, 0.15) is 96.9 Å². The summed E-state index contributed by atoms with van der Waals surface area (Å²) in [4.78, 5) is 16.2. The lowest BCUT2D eigenvalue weighted by Gasteiger charge is -2.22. The van der Waals surface area contributed by atoms with Crippen molar-refractivity contribution < 1.29 is 0 Å². The third kappa shape index (κ3) is 6.02. The number of aromatic nitrogens is 3. The van der Waals surface area contributed by atoms with Crippen LogP contribution in [0.5, 0.6) is 0 Å². The Morgan fingerprint density at radius 1 is 0.880 bits per heavy atom. The first kappa shape index (κ1) is 19.7. The maximum atomic E-state index is 12.0. The van der Waals surface area contributed by atoms with Gasteiger partial charge in [-0.3, -0.25) is 9.48 Å². The standard InChI is InChI=1S/C21H35N3O/c1-3-5-7-9-11-13-19(14-12-10-8-6-4-2)23-17-15-20(25)21-22-16-18-24(21)23/h15-19H,3-14H2,1-2H3. The van der Waals surface area contributed by atoms with Crippen LogP contribution in [0, 0.1) is 0 Å². The maximum absolute atomic E-state index is 12.0. The summed E-state index contributed by atoms with van der Waals surface area (Å²) < 4.78 is 4.19. The second kappa shape index (κ2) is 11.1. The number of rotatable bonds is 13. The first-order valence-electron chi connectivity index (χ1n) is 10.3. The zero-order valence-corrected chi connectivity index (χ0v) is 16.1. The summed E-state index contributed by atoms with van der Waals surface area (Å²) in [5.41, 5.74) is 0.551. The van der Waals surface area contributed by atoms with Crippen molar-refractivity contribution >= 4 is 5.65 Å². The first-order valence-corrected chi connectivity index (χ1v) is 10.3. The van der Waals surface area contributed by atoms with Crippen LogP contribution >= 0.6 is 0 Å². The number of hydrogen-bond donors (Lipinski definition) is 0. The molecule has 0 atom stereocenters. The van der Waals surface area contributed by atoms with Gasteiger partial charge in [0.15, 0.2) is 5.65 Å². The molecule has 0 aliphatic heterocycles. The molecule has 2 heterocycles. The van der Waals surface area contributed by atoms with Gasteiger partial charge in [-0.25, -0.2) is 9.50 Å². The molecule has 0 spiro atoms. The molecule has 4 nitrogen and oxygen atoms in total. The van der Waals surface area contributed by atoms with Crippen molar-refractivity contribution in [2.24, 2.45) is 0 Å². The quantitative estimate of drug-likeness (QED) is 0.433. The summed E-state index contributed by atoms with van der Waals surface area (Å²) in [5, 5.41) is 0. The summed E-state index contributed by atoms with van der Waals surface area (Å²) in [7, 11) is 0. The Bertz CT molecular complexity index is 644. The Morgan fingerprint density at radius 3 is 2.08 bits per heavy atom. The number of unbranched alkanes of at least 4 members (excludes halogenated alkanes) is 8. The smallest absolute Gasteiger partial charge is 0.224 e. The monoisotopic (exact) mass is 345 g/mol.